The van der Waals surface area contributed by atoms with Crippen LogP contribution in [-0.4, -0.2) is 16.1 Å². The van der Waals surface area contributed by atoms with Crippen LogP contribution in [0.5, 0.6) is 0 Å². The molecule has 0 saturated carbocycles. The Balaban J connectivity index is 2.66. The van der Waals surface area contributed by atoms with Crippen LogP contribution < -0.4 is 10.4 Å². The van der Waals surface area contributed by atoms with Crippen molar-refractivity contribution in [2.75, 3.05) is 0 Å². The Morgan fingerprint density at radius 3 is 1.78 bits per heavy atom. The number of rotatable bonds is 0. The molecular weight excluding hydrogens is 248 g/mol. The van der Waals surface area contributed by atoms with Crippen LogP contribution in [0.4, 0.5) is 0 Å². The second-order valence-electron chi connectivity index (χ2n) is 7.79. The van der Waals surface area contributed by atoms with Gasteiger partial charge in [0, 0.05) is 0 Å². The lowest BCUT2D eigenvalue weighted by atomic mass is 9.87. The minimum Gasteiger partial charge on any atom is -0.0978 e. The number of hydrogen-bond acceptors (Lipinski definition) is 0. The highest BCUT2D eigenvalue weighted by molar-refractivity contribution is 7.07. The van der Waals surface area contributed by atoms with Crippen LogP contribution in [0.1, 0.15) is 26.3 Å². The van der Waals surface area contributed by atoms with Crippen LogP contribution >= 0.6 is 0 Å². The van der Waals surface area contributed by atoms with Crippen molar-refractivity contribution >= 4 is 26.5 Å². The Morgan fingerprint density at radius 2 is 1.28 bits per heavy atom. The molecule has 1 heterocycles. The summed E-state index contributed by atoms with van der Waals surface area (Å²) in [6.45, 7) is 16.8. The molecule has 1 aromatic rings. The summed E-state index contributed by atoms with van der Waals surface area (Å²) in [6, 6.07) is 7.30. The van der Waals surface area contributed by atoms with E-state index < -0.39 is 16.1 Å². The van der Waals surface area contributed by atoms with E-state index in [1.54, 1.807) is 10.4 Å². The maximum Gasteiger partial charge on any atom is 0.103 e. The minimum absolute atomic E-state index is 0.256. The van der Waals surface area contributed by atoms with Gasteiger partial charge in [-0.05, 0) is 11.0 Å². The van der Waals surface area contributed by atoms with E-state index in [0.29, 0.717) is 0 Å². The van der Waals surface area contributed by atoms with E-state index in [1.807, 2.05) is 0 Å². The molecule has 1 aliphatic rings. The van der Waals surface area contributed by atoms with E-state index in [0.717, 1.165) is 0 Å². The molecule has 18 heavy (non-hydrogen) atoms. The first-order valence-electron chi connectivity index (χ1n) is 6.90. The van der Waals surface area contributed by atoms with Crippen molar-refractivity contribution in [2.24, 2.45) is 0 Å². The number of hydrogen-bond donors (Lipinski definition) is 0. The molecule has 0 spiro atoms. The van der Waals surface area contributed by atoms with Crippen molar-refractivity contribution in [3.05, 3.63) is 35.2 Å². The van der Waals surface area contributed by atoms with E-state index in [1.165, 1.54) is 5.56 Å². The predicted molar refractivity (Wildman–Crippen MR) is 88.5 cm³/mol. The van der Waals surface area contributed by atoms with E-state index in [4.69, 9.17) is 0 Å². The van der Waals surface area contributed by atoms with Crippen molar-refractivity contribution in [1.29, 1.82) is 0 Å². The molecule has 0 aromatic heterocycles. The molecule has 0 nitrogen and oxygen atoms in total. The molecule has 1 aliphatic heterocycles. The van der Waals surface area contributed by atoms with Gasteiger partial charge >= 0.3 is 0 Å². The number of fused-ring (bicyclic) bond motifs is 1. The highest BCUT2D eigenvalue weighted by Crippen LogP contribution is 2.24. The maximum atomic E-state index is 2.56. The zero-order chi connectivity index (χ0) is 13.8. The zero-order valence-electron chi connectivity index (χ0n) is 12.9. The van der Waals surface area contributed by atoms with Gasteiger partial charge < -0.3 is 0 Å². The molecule has 0 fully saturated rings. The molecule has 0 N–H and O–H groups in total. The molecule has 1 aromatic carbocycles. The zero-order valence-corrected chi connectivity index (χ0v) is 14.9. The van der Waals surface area contributed by atoms with Gasteiger partial charge in [-0.1, -0.05) is 86.9 Å². The van der Waals surface area contributed by atoms with Crippen molar-refractivity contribution in [3.8, 4) is 0 Å². The van der Waals surface area contributed by atoms with E-state index in [9.17, 15) is 0 Å². The van der Waals surface area contributed by atoms with Crippen LogP contribution in [0, 0.1) is 0 Å². The fourth-order valence-corrected chi connectivity index (χ4v) is 10.9. The van der Waals surface area contributed by atoms with Gasteiger partial charge in [0.05, 0.1) is 0 Å². The summed E-state index contributed by atoms with van der Waals surface area (Å²) in [6.07, 6.45) is 0. The fourth-order valence-electron chi connectivity index (χ4n) is 2.70. The Labute approximate surface area is 114 Å². The average Bonchev–Trinajstić information content (AvgIpc) is 2.23. The average molecular weight is 275 g/mol. The monoisotopic (exact) mass is 274 g/mol. The quantitative estimate of drug-likeness (QED) is 0.636. The molecule has 2 heteroatoms. The van der Waals surface area contributed by atoms with E-state index >= 15 is 0 Å². The molecule has 0 radical (unpaired) electrons. The summed E-state index contributed by atoms with van der Waals surface area (Å²) in [7, 11) is -2.68. The lowest BCUT2D eigenvalue weighted by Gasteiger charge is -2.36. The standard InChI is InChI=1S/C16H26Si2/c1-16(2,3)13-8-9-14-15(12-13)18(6,7)11-10-17(14,4)5/h8-12H,1-7H3. The summed E-state index contributed by atoms with van der Waals surface area (Å²) in [5, 5.41) is 3.36. The lowest BCUT2D eigenvalue weighted by molar-refractivity contribution is 0.591. The first kappa shape index (κ1) is 13.8. The van der Waals surface area contributed by atoms with E-state index in [2.05, 4.69) is 76.6 Å². The van der Waals surface area contributed by atoms with Crippen LogP contribution in [0.3, 0.4) is 0 Å². The molecule has 0 bridgehead atoms. The normalized spacial score (nSPS) is 20.6. The largest absolute Gasteiger partial charge is 0.103 e. The van der Waals surface area contributed by atoms with Crippen molar-refractivity contribution in [3.63, 3.8) is 0 Å². The molecule has 0 amide bonds. The topological polar surface area (TPSA) is 0 Å². The Bertz CT molecular complexity index is 502. The van der Waals surface area contributed by atoms with Gasteiger partial charge in [-0.15, -0.1) is 0 Å². The van der Waals surface area contributed by atoms with Crippen LogP contribution in [0.2, 0.25) is 26.2 Å². The molecule has 0 atom stereocenters. The van der Waals surface area contributed by atoms with Gasteiger partial charge in [0.25, 0.3) is 0 Å². The number of benzene rings is 1. The van der Waals surface area contributed by atoms with Crippen molar-refractivity contribution in [1.82, 2.24) is 0 Å². The van der Waals surface area contributed by atoms with Crippen LogP contribution in [0.25, 0.3) is 0 Å². The Morgan fingerprint density at radius 1 is 0.778 bits per heavy atom. The summed E-state index contributed by atoms with van der Waals surface area (Å²) in [5.41, 5.74) is 6.86. The summed E-state index contributed by atoms with van der Waals surface area (Å²) >= 11 is 0. The smallest absolute Gasteiger partial charge is 0.0978 e. The first-order chi connectivity index (χ1) is 8.04. The summed E-state index contributed by atoms with van der Waals surface area (Å²) < 4.78 is 0. The van der Waals surface area contributed by atoms with Gasteiger partial charge in [0.15, 0.2) is 0 Å². The summed E-state index contributed by atoms with van der Waals surface area (Å²) in [4.78, 5) is 0. The molecular formula is C16H26Si2. The van der Waals surface area contributed by atoms with Gasteiger partial charge in [0.1, 0.15) is 16.1 Å². The second-order valence-corrected chi connectivity index (χ2v) is 16.4. The minimum atomic E-state index is -1.36. The molecule has 0 saturated heterocycles. The third kappa shape index (κ3) is 2.28. The van der Waals surface area contributed by atoms with Gasteiger partial charge in [0.2, 0.25) is 0 Å². The predicted octanol–water partition coefficient (Wildman–Crippen LogP) is 3.46. The lowest BCUT2D eigenvalue weighted by Crippen LogP contribution is -2.61. The third-order valence-electron chi connectivity index (χ3n) is 4.19. The van der Waals surface area contributed by atoms with Crippen LogP contribution in [-0.2, 0) is 5.41 Å². The second kappa shape index (κ2) is 3.94. The van der Waals surface area contributed by atoms with Gasteiger partial charge in [-0.3, -0.25) is 0 Å². The highest BCUT2D eigenvalue weighted by Gasteiger charge is 2.35. The SMILES string of the molecule is CC(C)(C)c1ccc2c(c1)[Si](C)(C)C=C[Si]2(C)C. The fraction of sp³-hybridized carbons (Fsp3) is 0.500. The van der Waals surface area contributed by atoms with Gasteiger partial charge in [-0.25, -0.2) is 0 Å². The molecule has 0 aliphatic carbocycles. The van der Waals surface area contributed by atoms with Crippen molar-refractivity contribution < 1.29 is 0 Å². The maximum absolute atomic E-state index is 2.56. The van der Waals surface area contributed by atoms with Crippen LogP contribution in [0.15, 0.2) is 29.6 Å². The third-order valence-corrected chi connectivity index (χ3v) is 10.4. The highest BCUT2D eigenvalue weighted by atomic mass is 28.3. The molecule has 0 unspecified atom stereocenters. The van der Waals surface area contributed by atoms with Crippen molar-refractivity contribution in [2.45, 2.75) is 52.4 Å². The Kier molecular flexibility index (Phi) is 3.03. The first-order valence-corrected chi connectivity index (χ1v) is 13.1. The Hall–Kier alpha value is -0.606. The summed E-state index contributed by atoms with van der Waals surface area (Å²) in [5.74, 6) is 0. The molecule has 2 rings (SSSR count). The van der Waals surface area contributed by atoms with E-state index in [-0.39, 0.29) is 5.41 Å². The molecule has 98 valence electrons. The van der Waals surface area contributed by atoms with Gasteiger partial charge in [-0.2, -0.15) is 0 Å².